The van der Waals surface area contributed by atoms with E-state index < -0.39 is 5.82 Å². The summed E-state index contributed by atoms with van der Waals surface area (Å²) in [5, 5.41) is 9.05. The number of piperidine rings is 1. The number of halogens is 1. The van der Waals surface area contributed by atoms with Gasteiger partial charge in [-0.1, -0.05) is 13.0 Å². The van der Waals surface area contributed by atoms with Crippen LogP contribution >= 0.6 is 0 Å². The Morgan fingerprint density at radius 2 is 1.90 bits per heavy atom. The third kappa shape index (κ3) is 4.42. The fraction of sp³-hybridized carbons (Fsp3) is 0.300. The number of hydrogen-bond donors (Lipinski definition) is 1. The lowest BCUT2D eigenvalue weighted by Crippen LogP contribution is -2.42. The molecule has 9 heteroatoms. The Bertz CT molecular complexity index is 1630. The van der Waals surface area contributed by atoms with Crippen LogP contribution in [-0.4, -0.2) is 45.1 Å². The molecule has 1 N–H and O–H groups in total. The molecule has 0 amide bonds. The molecule has 2 aliphatic rings. The van der Waals surface area contributed by atoms with Crippen LogP contribution in [-0.2, 0) is 11.8 Å². The molecule has 1 saturated heterocycles. The third-order valence-electron chi connectivity index (χ3n) is 7.92. The first-order valence-corrected chi connectivity index (χ1v) is 13.0. The number of aryl methyl sites for hydroxylation is 1. The molecular formula is C30H28FN7O. The summed E-state index contributed by atoms with van der Waals surface area (Å²) in [5.41, 5.74) is 6.84. The molecule has 1 aromatic carbocycles. The zero-order valence-electron chi connectivity index (χ0n) is 22.1. The second kappa shape index (κ2) is 9.62. The molecule has 0 atom stereocenters. The highest BCUT2D eigenvalue weighted by molar-refractivity contribution is 5.91. The minimum atomic E-state index is -0.400. The first-order chi connectivity index (χ1) is 18.9. The van der Waals surface area contributed by atoms with Gasteiger partial charge in [0.15, 0.2) is 11.6 Å². The van der Waals surface area contributed by atoms with Crippen molar-refractivity contribution in [2.24, 2.45) is 0 Å². The Morgan fingerprint density at radius 1 is 1.10 bits per heavy atom. The molecule has 1 aliphatic carbocycles. The third-order valence-corrected chi connectivity index (χ3v) is 7.92. The maximum absolute atomic E-state index is 14.4. The van der Waals surface area contributed by atoms with E-state index >= 15 is 0 Å². The number of imidazole rings is 1. The molecule has 1 fully saturated rings. The van der Waals surface area contributed by atoms with Crippen LogP contribution in [0.15, 0.2) is 42.9 Å². The van der Waals surface area contributed by atoms with Crippen molar-refractivity contribution in [2.45, 2.75) is 38.5 Å². The SMILES string of the molecule is COc1ccc(-c2nc(C3(C)CCN(c4ncnc5c4C=C(c4ccc(C#N)nc4)C5)CC3)[nH]c2C)cc1F. The van der Waals surface area contributed by atoms with Crippen molar-refractivity contribution in [3.63, 3.8) is 0 Å². The van der Waals surface area contributed by atoms with Gasteiger partial charge in [0.25, 0.3) is 0 Å². The number of anilines is 1. The van der Waals surface area contributed by atoms with E-state index in [-0.39, 0.29) is 11.2 Å². The molecular weight excluding hydrogens is 493 g/mol. The van der Waals surface area contributed by atoms with Crippen LogP contribution in [0.4, 0.5) is 10.2 Å². The Labute approximate surface area is 226 Å². The molecule has 8 nitrogen and oxygen atoms in total. The van der Waals surface area contributed by atoms with E-state index in [2.05, 4.69) is 43.9 Å². The normalized spacial score (nSPS) is 16.0. The molecule has 4 heterocycles. The van der Waals surface area contributed by atoms with Crippen molar-refractivity contribution >= 4 is 17.5 Å². The molecule has 0 radical (unpaired) electrons. The van der Waals surface area contributed by atoms with Gasteiger partial charge in [0.05, 0.1) is 18.5 Å². The van der Waals surface area contributed by atoms with Gasteiger partial charge < -0.3 is 14.6 Å². The number of nitriles is 1. The number of hydrogen-bond acceptors (Lipinski definition) is 7. The standard InChI is InChI=1S/C30H28FN7O/c1-18-27(19-5-7-26(39-3)24(31)13-19)37-29(36-18)30(2)8-10-38(11-9-30)28-23-12-21(14-25(23)34-17-35-28)20-4-6-22(15-32)33-16-20/h4-7,12-13,16-17H,8-11,14H2,1-3H3,(H,36,37). The number of nitrogens with one attached hydrogen (secondary N) is 1. The zero-order valence-corrected chi connectivity index (χ0v) is 22.1. The van der Waals surface area contributed by atoms with Gasteiger partial charge in [-0.05, 0) is 61.2 Å². The molecule has 39 heavy (non-hydrogen) atoms. The monoisotopic (exact) mass is 521 g/mol. The number of nitrogens with zero attached hydrogens (tertiary/aromatic N) is 6. The Morgan fingerprint density at radius 3 is 2.59 bits per heavy atom. The van der Waals surface area contributed by atoms with Crippen LogP contribution < -0.4 is 9.64 Å². The topological polar surface area (TPSA) is 104 Å². The second-order valence-electron chi connectivity index (χ2n) is 10.4. The van der Waals surface area contributed by atoms with Gasteiger partial charge >= 0.3 is 0 Å². The minimum Gasteiger partial charge on any atom is -0.494 e. The van der Waals surface area contributed by atoms with Crippen molar-refractivity contribution < 1.29 is 9.13 Å². The maximum Gasteiger partial charge on any atom is 0.165 e. The summed E-state index contributed by atoms with van der Waals surface area (Å²) in [5.74, 6) is 1.69. The zero-order chi connectivity index (χ0) is 27.1. The Hall–Kier alpha value is -4.58. The number of fused-ring (bicyclic) bond motifs is 1. The first kappa shape index (κ1) is 24.7. The average Bonchev–Trinajstić information content (AvgIpc) is 3.58. The molecule has 3 aromatic heterocycles. The number of benzene rings is 1. The number of methoxy groups -OCH3 is 1. The van der Waals surface area contributed by atoms with Crippen molar-refractivity contribution in [3.05, 3.63) is 82.7 Å². The minimum absolute atomic E-state index is 0.143. The summed E-state index contributed by atoms with van der Waals surface area (Å²) in [7, 11) is 1.46. The van der Waals surface area contributed by atoms with Crippen molar-refractivity contribution in [2.75, 3.05) is 25.1 Å². The smallest absolute Gasteiger partial charge is 0.165 e. The van der Waals surface area contributed by atoms with Gasteiger partial charge in [-0.25, -0.2) is 24.3 Å². The molecule has 0 spiro atoms. The maximum atomic E-state index is 14.4. The predicted molar refractivity (Wildman–Crippen MR) is 147 cm³/mol. The lowest BCUT2D eigenvalue weighted by Gasteiger charge is -2.39. The molecule has 0 unspecified atom stereocenters. The fourth-order valence-corrected chi connectivity index (χ4v) is 5.49. The van der Waals surface area contributed by atoms with Crippen LogP contribution in [0.1, 0.15) is 53.8 Å². The van der Waals surface area contributed by atoms with Crippen LogP contribution in [0.3, 0.4) is 0 Å². The lowest BCUT2D eigenvalue weighted by molar-refractivity contribution is 0.345. The van der Waals surface area contributed by atoms with Gasteiger partial charge in [0.1, 0.15) is 29.7 Å². The fourth-order valence-electron chi connectivity index (χ4n) is 5.49. The highest BCUT2D eigenvalue weighted by Crippen LogP contribution is 2.40. The van der Waals surface area contributed by atoms with Crippen molar-refractivity contribution in [1.29, 1.82) is 5.26 Å². The highest BCUT2D eigenvalue weighted by Gasteiger charge is 2.36. The summed E-state index contributed by atoms with van der Waals surface area (Å²) in [6, 6.07) is 10.7. The van der Waals surface area contributed by atoms with Gasteiger partial charge in [0, 0.05) is 47.9 Å². The molecule has 196 valence electrons. The van der Waals surface area contributed by atoms with Crippen LogP contribution in [0.5, 0.6) is 5.75 Å². The highest BCUT2D eigenvalue weighted by atomic mass is 19.1. The largest absolute Gasteiger partial charge is 0.494 e. The Balaban J connectivity index is 1.21. The summed E-state index contributed by atoms with van der Waals surface area (Å²) < 4.78 is 19.4. The number of ether oxygens (including phenoxy) is 1. The van der Waals surface area contributed by atoms with E-state index in [0.717, 1.165) is 76.9 Å². The van der Waals surface area contributed by atoms with E-state index in [1.165, 1.54) is 13.2 Å². The van der Waals surface area contributed by atoms with Crippen molar-refractivity contribution in [1.82, 2.24) is 24.9 Å². The quantitative estimate of drug-likeness (QED) is 0.383. The lowest BCUT2D eigenvalue weighted by atomic mass is 9.79. The Kier molecular flexibility index (Phi) is 6.10. The molecule has 1 aliphatic heterocycles. The number of rotatable bonds is 5. The summed E-state index contributed by atoms with van der Waals surface area (Å²) in [6.45, 7) is 5.87. The number of H-pyrrole nitrogens is 1. The van der Waals surface area contributed by atoms with Gasteiger partial charge in [-0.3, -0.25) is 0 Å². The number of aromatic amines is 1. The number of pyridine rings is 1. The van der Waals surface area contributed by atoms with Gasteiger partial charge in [0.2, 0.25) is 0 Å². The molecule has 6 rings (SSSR count). The van der Waals surface area contributed by atoms with E-state index in [1.54, 1.807) is 24.7 Å². The summed E-state index contributed by atoms with van der Waals surface area (Å²) in [6.07, 6.45) is 8.04. The van der Waals surface area contributed by atoms with Crippen LogP contribution in [0.25, 0.3) is 22.9 Å². The summed E-state index contributed by atoms with van der Waals surface area (Å²) in [4.78, 5) is 24.2. The van der Waals surface area contributed by atoms with Crippen LogP contribution in [0.2, 0.25) is 0 Å². The molecule has 0 bridgehead atoms. The molecule has 0 saturated carbocycles. The van der Waals surface area contributed by atoms with E-state index in [1.807, 2.05) is 19.1 Å². The van der Waals surface area contributed by atoms with E-state index in [0.29, 0.717) is 12.1 Å². The summed E-state index contributed by atoms with van der Waals surface area (Å²) >= 11 is 0. The van der Waals surface area contributed by atoms with Gasteiger partial charge in [-0.15, -0.1) is 0 Å². The van der Waals surface area contributed by atoms with E-state index in [4.69, 9.17) is 15.0 Å². The van der Waals surface area contributed by atoms with Crippen LogP contribution in [0, 0.1) is 24.1 Å². The predicted octanol–water partition coefficient (Wildman–Crippen LogP) is 5.24. The number of aromatic nitrogens is 5. The number of allylic oxidation sites excluding steroid dienone is 1. The van der Waals surface area contributed by atoms with Gasteiger partial charge in [-0.2, -0.15) is 5.26 Å². The van der Waals surface area contributed by atoms with E-state index in [9.17, 15) is 4.39 Å². The first-order valence-electron chi connectivity index (χ1n) is 13.0. The average molecular weight is 522 g/mol. The van der Waals surface area contributed by atoms with Crippen molar-refractivity contribution in [3.8, 4) is 23.1 Å². The second-order valence-corrected chi connectivity index (χ2v) is 10.4. The molecule has 4 aromatic rings.